The number of ether oxygens (including phenoxy) is 2. The Morgan fingerprint density at radius 1 is 0.833 bits per heavy atom. The molecule has 4 rings (SSSR count). The second kappa shape index (κ2) is 11.7. The van der Waals surface area contributed by atoms with E-state index in [1.165, 1.54) is 6.92 Å². The molecule has 0 N–H and O–H groups in total. The molecule has 22 heteroatoms. The third kappa shape index (κ3) is 8.12. The minimum Gasteiger partial charge on any atom is -0.466 e. The summed E-state index contributed by atoms with van der Waals surface area (Å²) in [5, 5.41) is 0. The number of hydrogen-bond donors (Lipinski definition) is 0. The SMILES string of the molecule is CC(=O)OCCC[Si]12O[SiH2]O[Si]3(C)O[Si]4(C)O[SiH](C)CO[Si](C)(O[Si](C)(O4)O[Si](C)(O3)O1)O2.COC. The maximum absolute atomic E-state index is 11.2. The van der Waals surface area contributed by atoms with E-state index in [-0.39, 0.29) is 12.6 Å². The fraction of sp³-hybridized carbons (Fsp3) is 0.929. The van der Waals surface area contributed by atoms with Gasteiger partial charge in [-0.05, 0) is 13.0 Å². The molecule has 0 aromatic carbocycles. The number of carbonyl (C=O) groups excluding carboxylic acids is 1. The van der Waals surface area contributed by atoms with E-state index in [9.17, 15) is 4.79 Å². The van der Waals surface area contributed by atoms with Crippen LogP contribution in [0.25, 0.3) is 0 Å². The molecule has 7 unspecified atom stereocenters. The molecule has 0 spiro atoms. The zero-order chi connectivity index (χ0) is 26.9. The Bertz CT molecular complexity index is 805. The Morgan fingerprint density at radius 3 is 2.03 bits per heavy atom. The van der Waals surface area contributed by atoms with Gasteiger partial charge in [-0.1, -0.05) is 0 Å². The minimum absolute atomic E-state index is 0.204. The standard InChI is InChI=1S/C12H32O13Si8.C2H6O/c1-12(13)14-9-8-10-33-17-26-16-29(4)20-30(5)18-27(2)11-15-28(3,24-33)19-31(6,22-30)23-32(7,21-29)25-33;1-3-2/h27H,8-11,26H2,1-7H3;1-2H3. The maximum Gasteiger partial charge on any atom is 0.482 e. The van der Waals surface area contributed by atoms with Crippen LogP contribution in [-0.4, -0.2) is 105 Å². The molecule has 4 heterocycles. The number of hydrogen-bond acceptors (Lipinski definition) is 14. The molecular weight excluding hydrogens is 617 g/mol. The average molecular weight is 655 g/mol. The lowest BCUT2D eigenvalue weighted by atomic mass is 10.5. The van der Waals surface area contributed by atoms with Crippen molar-refractivity contribution in [2.24, 2.45) is 0 Å². The van der Waals surface area contributed by atoms with Crippen LogP contribution in [0.4, 0.5) is 0 Å². The van der Waals surface area contributed by atoms with Crippen LogP contribution >= 0.6 is 0 Å². The van der Waals surface area contributed by atoms with E-state index in [0.29, 0.717) is 18.7 Å². The Kier molecular flexibility index (Phi) is 10.1. The van der Waals surface area contributed by atoms with Gasteiger partial charge in [0.25, 0.3) is 10.0 Å². The Balaban J connectivity index is 0.00000115. The molecule has 0 aliphatic carbocycles. The van der Waals surface area contributed by atoms with Gasteiger partial charge in [0, 0.05) is 59.9 Å². The first-order valence-electron chi connectivity index (χ1n) is 11.6. The summed E-state index contributed by atoms with van der Waals surface area (Å²) in [6, 6.07) is 0.357. The van der Waals surface area contributed by atoms with E-state index in [1.54, 1.807) is 40.4 Å². The first-order chi connectivity index (χ1) is 16.6. The summed E-state index contributed by atoms with van der Waals surface area (Å²) in [6.45, 7) is 12.5. The summed E-state index contributed by atoms with van der Waals surface area (Å²) in [5.74, 6) is -0.355. The van der Waals surface area contributed by atoms with Crippen LogP contribution in [0.1, 0.15) is 13.3 Å². The van der Waals surface area contributed by atoms with Crippen molar-refractivity contribution in [3.05, 3.63) is 0 Å². The van der Waals surface area contributed by atoms with Crippen LogP contribution < -0.4 is 0 Å². The van der Waals surface area contributed by atoms with Crippen LogP contribution in [0.3, 0.4) is 0 Å². The highest BCUT2D eigenvalue weighted by atomic mass is 28.6. The van der Waals surface area contributed by atoms with Crippen molar-refractivity contribution in [2.45, 2.75) is 58.7 Å². The van der Waals surface area contributed by atoms with Crippen molar-refractivity contribution >= 4 is 77.8 Å². The van der Waals surface area contributed by atoms with Gasteiger partial charge in [0.15, 0.2) is 9.04 Å². The van der Waals surface area contributed by atoms with Crippen LogP contribution in [0, 0.1) is 0 Å². The average Bonchev–Trinajstić information content (AvgIpc) is 2.69. The molecule has 6 bridgehead atoms. The van der Waals surface area contributed by atoms with Crippen molar-refractivity contribution in [1.82, 2.24) is 0 Å². The van der Waals surface area contributed by atoms with Gasteiger partial charge in [0.2, 0.25) is 0 Å². The summed E-state index contributed by atoms with van der Waals surface area (Å²) in [4.78, 5) is 11.2. The second-order valence-electron chi connectivity index (χ2n) is 9.21. The number of esters is 1. The molecule has 0 radical (unpaired) electrons. The van der Waals surface area contributed by atoms with Crippen molar-refractivity contribution in [3.63, 3.8) is 0 Å². The lowest BCUT2D eigenvalue weighted by Crippen LogP contribution is -2.78. The predicted octanol–water partition coefficient (Wildman–Crippen LogP) is 0.113. The van der Waals surface area contributed by atoms with E-state index in [4.69, 9.17) is 50.3 Å². The summed E-state index contributed by atoms with van der Waals surface area (Å²) < 4.78 is 80.2. The van der Waals surface area contributed by atoms with Gasteiger partial charge < -0.3 is 55.1 Å². The smallest absolute Gasteiger partial charge is 0.466 e. The molecule has 0 aromatic rings. The molecule has 7 atom stereocenters. The van der Waals surface area contributed by atoms with Gasteiger partial charge in [-0.2, -0.15) is 0 Å². The van der Waals surface area contributed by atoms with E-state index >= 15 is 0 Å². The van der Waals surface area contributed by atoms with Gasteiger partial charge in [0.05, 0.1) is 12.8 Å². The highest BCUT2D eigenvalue weighted by Gasteiger charge is 2.71. The lowest BCUT2D eigenvalue weighted by Gasteiger charge is -2.53. The maximum atomic E-state index is 11.2. The summed E-state index contributed by atoms with van der Waals surface area (Å²) in [6.07, 6.45) is 0.803. The topological polar surface area (TPSA) is 137 Å². The molecule has 0 aromatic heterocycles. The third-order valence-corrected chi connectivity index (χ3v) is 36.1. The second-order valence-corrected chi connectivity index (χ2v) is 31.1. The molecule has 4 aliphatic heterocycles. The minimum atomic E-state index is -3.50. The summed E-state index contributed by atoms with van der Waals surface area (Å²) in [7, 11) is -20.7. The van der Waals surface area contributed by atoms with Crippen molar-refractivity contribution in [2.75, 3.05) is 27.1 Å². The van der Waals surface area contributed by atoms with Crippen LogP contribution in [0.5, 0.6) is 0 Å². The van der Waals surface area contributed by atoms with Crippen LogP contribution in [-0.2, 0) is 59.8 Å². The van der Waals surface area contributed by atoms with Gasteiger partial charge >= 0.3 is 58.8 Å². The molecule has 210 valence electrons. The normalized spacial score (nSPS) is 47.2. The van der Waals surface area contributed by atoms with Crippen LogP contribution in [0.2, 0.25) is 45.3 Å². The Labute approximate surface area is 223 Å². The molecule has 4 saturated heterocycles. The molecular formula is C14H38O14Si8. The monoisotopic (exact) mass is 654 g/mol. The van der Waals surface area contributed by atoms with Gasteiger partial charge in [-0.25, -0.2) is 0 Å². The fourth-order valence-corrected chi connectivity index (χ4v) is 42.1. The zero-order valence-corrected chi connectivity index (χ0v) is 30.9. The third-order valence-electron chi connectivity index (χ3n) is 5.06. The van der Waals surface area contributed by atoms with E-state index in [2.05, 4.69) is 4.74 Å². The highest BCUT2D eigenvalue weighted by molar-refractivity contribution is 6.96. The fourth-order valence-electron chi connectivity index (χ4n) is 4.26. The molecule has 4 aliphatic rings. The molecule has 0 saturated carbocycles. The quantitative estimate of drug-likeness (QED) is 0.230. The number of rotatable bonds is 4. The highest BCUT2D eigenvalue weighted by Crippen LogP contribution is 2.41. The van der Waals surface area contributed by atoms with E-state index in [1.807, 2.05) is 13.1 Å². The molecule has 0 amide bonds. The van der Waals surface area contributed by atoms with E-state index in [0.717, 1.165) is 0 Å². The van der Waals surface area contributed by atoms with Crippen molar-refractivity contribution in [1.29, 1.82) is 0 Å². The molecule has 36 heavy (non-hydrogen) atoms. The van der Waals surface area contributed by atoms with Crippen LogP contribution in [0.15, 0.2) is 0 Å². The molecule has 14 nitrogen and oxygen atoms in total. The number of fused-ring (bicyclic) bond motifs is 4. The van der Waals surface area contributed by atoms with E-state index < -0.39 is 71.9 Å². The number of methoxy groups -OCH3 is 1. The lowest BCUT2D eigenvalue weighted by molar-refractivity contribution is -0.141. The largest absolute Gasteiger partial charge is 0.482 e. The molecule has 4 fully saturated rings. The first-order valence-corrected chi connectivity index (χ1v) is 28.3. The first kappa shape index (κ1) is 31.3. The van der Waals surface area contributed by atoms with Gasteiger partial charge in [0.1, 0.15) is 0 Å². The van der Waals surface area contributed by atoms with Gasteiger partial charge in [-0.3, -0.25) is 4.79 Å². The Morgan fingerprint density at radius 2 is 1.36 bits per heavy atom. The summed E-state index contributed by atoms with van der Waals surface area (Å²) >= 11 is 0. The predicted molar refractivity (Wildman–Crippen MR) is 141 cm³/mol. The van der Waals surface area contributed by atoms with Crippen molar-refractivity contribution in [3.8, 4) is 0 Å². The Hall–Kier alpha value is 0.725. The summed E-state index contributed by atoms with van der Waals surface area (Å²) in [5.41, 5.74) is 0. The zero-order valence-electron chi connectivity index (χ0n) is 22.3. The van der Waals surface area contributed by atoms with Gasteiger partial charge in [-0.15, -0.1) is 0 Å². The van der Waals surface area contributed by atoms with Crippen molar-refractivity contribution < 1.29 is 59.8 Å². The number of carbonyl (C=O) groups is 1.